The van der Waals surface area contributed by atoms with Crippen LogP contribution in [0.2, 0.25) is 0 Å². The lowest BCUT2D eigenvalue weighted by Gasteiger charge is -2.61. The highest BCUT2D eigenvalue weighted by atomic mass is 16.3. The molecule has 5 rings (SSSR count). The standard InChI is InChI=1S/C25H36N4O2/c1-23(31)10-11-24(2)16(12-23)4-5-18-19-6-7-21(25(19,3)9-8-20(18)24)22(30)15-29-27-14-17(13-26)28-29/h14,16,18-21,31H,4-12,15H2,1-3H3/t16-,18+,19+,20+,21-,23-,24+,25+/m1/s1. The number of nitrogens with zero attached hydrogens (tertiary/aromatic N) is 4. The van der Waals surface area contributed by atoms with E-state index in [1.54, 1.807) is 0 Å². The second-order valence-corrected chi connectivity index (χ2v) is 11.9. The van der Waals surface area contributed by atoms with Crippen molar-refractivity contribution in [2.24, 2.45) is 40.4 Å². The Labute approximate surface area is 185 Å². The molecular weight excluding hydrogens is 388 g/mol. The molecule has 1 N–H and O–H groups in total. The first-order valence-electron chi connectivity index (χ1n) is 12.2. The summed E-state index contributed by atoms with van der Waals surface area (Å²) in [6.45, 7) is 7.09. The molecule has 0 bridgehead atoms. The molecule has 168 valence electrons. The molecule has 1 aromatic rings. The maximum atomic E-state index is 13.3. The second-order valence-electron chi connectivity index (χ2n) is 11.9. The average molecular weight is 425 g/mol. The predicted octanol–water partition coefficient (Wildman–Crippen LogP) is 4.13. The minimum atomic E-state index is -0.489. The summed E-state index contributed by atoms with van der Waals surface area (Å²) in [4.78, 5) is 14.7. The summed E-state index contributed by atoms with van der Waals surface area (Å²) in [6, 6.07) is 1.98. The fourth-order valence-electron chi connectivity index (χ4n) is 8.63. The van der Waals surface area contributed by atoms with Gasteiger partial charge in [0.05, 0.1) is 11.8 Å². The molecule has 0 aromatic carbocycles. The lowest BCUT2D eigenvalue weighted by Crippen LogP contribution is -2.55. The maximum Gasteiger partial charge on any atom is 0.182 e. The van der Waals surface area contributed by atoms with Gasteiger partial charge >= 0.3 is 0 Å². The Kier molecular flexibility index (Phi) is 4.86. The molecule has 0 radical (unpaired) electrons. The van der Waals surface area contributed by atoms with Gasteiger partial charge in [0.2, 0.25) is 0 Å². The third kappa shape index (κ3) is 3.26. The molecular formula is C25H36N4O2. The van der Waals surface area contributed by atoms with Crippen LogP contribution in [0, 0.1) is 51.8 Å². The molecule has 4 aliphatic carbocycles. The lowest BCUT2D eigenvalue weighted by atomic mass is 9.44. The number of rotatable bonds is 3. The van der Waals surface area contributed by atoms with E-state index >= 15 is 0 Å². The van der Waals surface area contributed by atoms with Gasteiger partial charge in [-0.05, 0) is 99.2 Å². The van der Waals surface area contributed by atoms with Crippen molar-refractivity contribution in [1.82, 2.24) is 15.0 Å². The predicted molar refractivity (Wildman–Crippen MR) is 116 cm³/mol. The molecule has 4 aliphatic rings. The van der Waals surface area contributed by atoms with Gasteiger partial charge in [0.25, 0.3) is 0 Å². The Morgan fingerprint density at radius 1 is 1.13 bits per heavy atom. The van der Waals surface area contributed by atoms with Crippen LogP contribution in [0.25, 0.3) is 0 Å². The van der Waals surface area contributed by atoms with Crippen LogP contribution in [0.3, 0.4) is 0 Å². The number of hydrogen-bond acceptors (Lipinski definition) is 5. The van der Waals surface area contributed by atoms with E-state index in [4.69, 9.17) is 5.26 Å². The first-order valence-corrected chi connectivity index (χ1v) is 12.2. The van der Waals surface area contributed by atoms with E-state index in [9.17, 15) is 9.90 Å². The molecule has 6 nitrogen and oxygen atoms in total. The minimum absolute atomic E-state index is 0.0762. The zero-order valence-corrected chi connectivity index (χ0v) is 19.2. The van der Waals surface area contributed by atoms with Crippen LogP contribution in [0.4, 0.5) is 0 Å². The summed E-state index contributed by atoms with van der Waals surface area (Å²) in [6.07, 6.45) is 11.4. The Hall–Kier alpha value is -1.74. The summed E-state index contributed by atoms with van der Waals surface area (Å²) in [7, 11) is 0. The van der Waals surface area contributed by atoms with Gasteiger partial charge in [-0.25, -0.2) is 0 Å². The van der Waals surface area contributed by atoms with Crippen molar-refractivity contribution in [3.63, 3.8) is 0 Å². The smallest absolute Gasteiger partial charge is 0.182 e. The van der Waals surface area contributed by atoms with Gasteiger partial charge in [-0.15, -0.1) is 5.10 Å². The van der Waals surface area contributed by atoms with Gasteiger partial charge in [0.15, 0.2) is 11.5 Å². The Bertz CT molecular complexity index is 917. The van der Waals surface area contributed by atoms with Crippen molar-refractivity contribution in [1.29, 1.82) is 5.26 Å². The summed E-state index contributed by atoms with van der Waals surface area (Å²) < 4.78 is 0. The van der Waals surface area contributed by atoms with E-state index < -0.39 is 5.60 Å². The van der Waals surface area contributed by atoms with Crippen LogP contribution in [-0.4, -0.2) is 31.5 Å². The number of fused-ring (bicyclic) bond motifs is 5. The Morgan fingerprint density at radius 2 is 1.90 bits per heavy atom. The fraction of sp³-hybridized carbons (Fsp3) is 0.840. The lowest BCUT2D eigenvalue weighted by molar-refractivity contribution is -0.151. The summed E-state index contributed by atoms with van der Waals surface area (Å²) in [5.41, 5.74) is 0.200. The highest BCUT2D eigenvalue weighted by Gasteiger charge is 2.61. The average Bonchev–Trinajstić information content (AvgIpc) is 3.31. The number of Topliss-reactive ketones (excluding diaryl/α,β-unsaturated/α-hetero) is 1. The van der Waals surface area contributed by atoms with Crippen molar-refractivity contribution in [3.8, 4) is 6.07 Å². The topological polar surface area (TPSA) is 91.8 Å². The quantitative estimate of drug-likeness (QED) is 0.788. The molecule has 1 aromatic heterocycles. The highest BCUT2D eigenvalue weighted by Crippen LogP contribution is 2.68. The van der Waals surface area contributed by atoms with Crippen LogP contribution in [0.15, 0.2) is 6.20 Å². The molecule has 0 spiro atoms. The SMILES string of the molecule is C[C@@]1(O)CC[C@@]2(C)[C@H](CC[C@@H]3[C@@H]2CC[C@]2(C)[C@@H](C(=O)Cn4ncc(C#N)n4)CC[C@@H]32)C1. The number of carbonyl (C=O) groups is 1. The van der Waals surface area contributed by atoms with Crippen LogP contribution >= 0.6 is 0 Å². The Morgan fingerprint density at radius 3 is 2.65 bits per heavy atom. The normalized spacial score (nSPS) is 46.5. The van der Waals surface area contributed by atoms with E-state index in [1.807, 2.05) is 13.0 Å². The first-order chi connectivity index (χ1) is 14.7. The van der Waals surface area contributed by atoms with Crippen LogP contribution in [0.1, 0.15) is 84.3 Å². The fourth-order valence-corrected chi connectivity index (χ4v) is 8.63. The molecule has 0 saturated heterocycles. The molecule has 8 atom stereocenters. The third-order valence-corrected chi connectivity index (χ3v) is 10.3. The number of ketones is 1. The number of nitriles is 1. The van der Waals surface area contributed by atoms with E-state index in [2.05, 4.69) is 24.0 Å². The Balaban J connectivity index is 1.34. The molecule has 0 unspecified atom stereocenters. The molecule has 31 heavy (non-hydrogen) atoms. The molecule has 4 saturated carbocycles. The molecule has 0 amide bonds. The van der Waals surface area contributed by atoms with Crippen molar-refractivity contribution < 1.29 is 9.90 Å². The second kappa shape index (κ2) is 7.13. The first kappa shape index (κ1) is 21.1. The third-order valence-electron chi connectivity index (χ3n) is 10.3. The van der Waals surface area contributed by atoms with Crippen LogP contribution in [0.5, 0.6) is 0 Å². The molecule has 6 heteroatoms. The van der Waals surface area contributed by atoms with E-state index in [-0.39, 0.29) is 29.4 Å². The minimum Gasteiger partial charge on any atom is -0.390 e. The molecule has 4 fully saturated rings. The van der Waals surface area contributed by atoms with E-state index in [0.29, 0.717) is 23.2 Å². The van der Waals surface area contributed by atoms with Crippen molar-refractivity contribution in [3.05, 3.63) is 11.9 Å². The van der Waals surface area contributed by atoms with Gasteiger partial charge in [-0.2, -0.15) is 15.2 Å². The van der Waals surface area contributed by atoms with Gasteiger partial charge in [0.1, 0.15) is 12.6 Å². The number of aliphatic hydroxyl groups is 1. The highest BCUT2D eigenvalue weighted by molar-refractivity contribution is 5.82. The summed E-state index contributed by atoms with van der Waals surface area (Å²) in [5, 5.41) is 27.9. The van der Waals surface area contributed by atoms with Crippen molar-refractivity contribution >= 4 is 5.78 Å². The van der Waals surface area contributed by atoms with Crippen LogP contribution in [-0.2, 0) is 11.3 Å². The van der Waals surface area contributed by atoms with Gasteiger partial charge in [-0.1, -0.05) is 13.8 Å². The zero-order chi connectivity index (χ0) is 22.0. The summed E-state index contributed by atoms with van der Waals surface area (Å²) >= 11 is 0. The number of carbonyl (C=O) groups excluding carboxylic acids is 1. The van der Waals surface area contributed by atoms with E-state index in [1.165, 1.54) is 30.3 Å². The van der Waals surface area contributed by atoms with Gasteiger partial charge < -0.3 is 5.11 Å². The van der Waals surface area contributed by atoms with Crippen molar-refractivity contribution in [2.45, 2.75) is 90.7 Å². The van der Waals surface area contributed by atoms with Crippen molar-refractivity contribution in [2.75, 3.05) is 0 Å². The maximum absolute atomic E-state index is 13.3. The largest absolute Gasteiger partial charge is 0.390 e. The van der Waals surface area contributed by atoms with Gasteiger partial charge in [0, 0.05) is 5.92 Å². The molecule has 0 aliphatic heterocycles. The van der Waals surface area contributed by atoms with E-state index in [0.717, 1.165) is 44.4 Å². The number of hydrogen-bond donors (Lipinski definition) is 1. The van der Waals surface area contributed by atoms with Crippen LogP contribution < -0.4 is 0 Å². The summed E-state index contributed by atoms with van der Waals surface area (Å²) in [5.74, 6) is 3.03. The zero-order valence-electron chi connectivity index (χ0n) is 19.2. The van der Waals surface area contributed by atoms with Gasteiger partial charge in [-0.3, -0.25) is 4.79 Å². The monoisotopic (exact) mass is 424 g/mol. The molecule has 1 heterocycles. The number of aromatic nitrogens is 3.